The van der Waals surface area contributed by atoms with Crippen molar-refractivity contribution < 1.29 is 0 Å². The molecule has 22 heavy (non-hydrogen) atoms. The van der Waals surface area contributed by atoms with Gasteiger partial charge in [0.2, 0.25) is 0 Å². The molecule has 0 fully saturated rings. The van der Waals surface area contributed by atoms with Crippen molar-refractivity contribution in [3.8, 4) is 0 Å². The minimum absolute atomic E-state index is 0.315. The number of nitrogens with one attached hydrogen (secondary N) is 2. The monoisotopic (exact) mass is 310 g/mol. The number of benzene rings is 2. The standard InChI is InChI=1S/C19H22N2S/c1-13-10-11-17(14(2)12-13)20-19(22)21-18-9-5-7-15-6-3-4-8-16(15)18/h3-4,6,8,10-12,18H,5,7,9H2,1-2H3,(H2,20,21,22)/t18-/m0/s1. The van der Waals surface area contributed by atoms with Crippen molar-refractivity contribution in [3.05, 3.63) is 64.7 Å². The van der Waals surface area contributed by atoms with Crippen LogP contribution in [0.4, 0.5) is 5.69 Å². The summed E-state index contributed by atoms with van der Waals surface area (Å²) in [7, 11) is 0. The van der Waals surface area contributed by atoms with E-state index in [4.69, 9.17) is 12.2 Å². The number of aryl methyl sites for hydroxylation is 3. The van der Waals surface area contributed by atoms with E-state index < -0.39 is 0 Å². The summed E-state index contributed by atoms with van der Waals surface area (Å²) in [5.74, 6) is 0. The van der Waals surface area contributed by atoms with Crippen LogP contribution < -0.4 is 10.6 Å². The molecule has 3 heteroatoms. The molecule has 0 radical (unpaired) electrons. The number of fused-ring (bicyclic) bond motifs is 1. The van der Waals surface area contributed by atoms with Gasteiger partial charge in [-0.1, -0.05) is 42.0 Å². The molecule has 0 heterocycles. The Morgan fingerprint density at radius 1 is 1.14 bits per heavy atom. The van der Waals surface area contributed by atoms with Crippen LogP contribution in [-0.2, 0) is 6.42 Å². The van der Waals surface area contributed by atoms with Gasteiger partial charge in [0.15, 0.2) is 5.11 Å². The molecule has 0 aromatic heterocycles. The maximum atomic E-state index is 5.52. The highest BCUT2D eigenvalue weighted by atomic mass is 32.1. The third-order valence-electron chi connectivity index (χ3n) is 4.30. The first-order valence-electron chi connectivity index (χ1n) is 7.86. The third-order valence-corrected chi connectivity index (χ3v) is 4.52. The molecule has 0 saturated heterocycles. The first kappa shape index (κ1) is 15.0. The van der Waals surface area contributed by atoms with Crippen LogP contribution in [0.25, 0.3) is 0 Å². The first-order chi connectivity index (χ1) is 10.6. The minimum atomic E-state index is 0.315. The van der Waals surface area contributed by atoms with E-state index in [0.29, 0.717) is 11.2 Å². The Hall–Kier alpha value is -1.87. The van der Waals surface area contributed by atoms with E-state index in [9.17, 15) is 0 Å². The van der Waals surface area contributed by atoms with Crippen molar-refractivity contribution in [2.45, 2.75) is 39.2 Å². The fraction of sp³-hybridized carbons (Fsp3) is 0.316. The van der Waals surface area contributed by atoms with E-state index in [0.717, 1.165) is 12.1 Å². The normalized spacial score (nSPS) is 16.7. The molecule has 0 bridgehead atoms. The third kappa shape index (κ3) is 3.30. The van der Waals surface area contributed by atoms with Crippen molar-refractivity contribution in [1.82, 2.24) is 5.32 Å². The van der Waals surface area contributed by atoms with Crippen LogP contribution in [-0.4, -0.2) is 5.11 Å². The average Bonchev–Trinajstić information content (AvgIpc) is 2.50. The zero-order valence-corrected chi connectivity index (χ0v) is 14.0. The number of hydrogen-bond donors (Lipinski definition) is 2. The predicted molar refractivity (Wildman–Crippen MR) is 97.4 cm³/mol. The summed E-state index contributed by atoms with van der Waals surface area (Å²) in [4.78, 5) is 0. The molecule has 0 aliphatic heterocycles. The van der Waals surface area contributed by atoms with Crippen LogP contribution >= 0.6 is 12.2 Å². The van der Waals surface area contributed by atoms with E-state index in [1.807, 2.05) is 0 Å². The molecule has 1 aliphatic carbocycles. The lowest BCUT2D eigenvalue weighted by Crippen LogP contribution is -2.34. The lowest BCUT2D eigenvalue weighted by Gasteiger charge is -2.27. The largest absolute Gasteiger partial charge is 0.356 e. The summed E-state index contributed by atoms with van der Waals surface area (Å²) in [5.41, 5.74) is 6.39. The zero-order chi connectivity index (χ0) is 15.5. The first-order valence-corrected chi connectivity index (χ1v) is 8.27. The summed E-state index contributed by atoms with van der Waals surface area (Å²) in [6.07, 6.45) is 3.51. The highest BCUT2D eigenvalue weighted by Crippen LogP contribution is 2.29. The van der Waals surface area contributed by atoms with Gasteiger partial charge in [-0.15, -0.1) is 0 Å². The molecule has 0 saturated carbocycles. The van der Waals surface area contributed by atoms with Crippen LogP contribution in [0.3, 0.4) is 0 Å². The number of thiocarbonyl (C=S) groups is 1. The summed E-state index contributed by atoms with van der Waals surface area (Å²) in [6.45, 7) is 4.21. The second-order valence-electron chi connectivity index (χ2n) is 6.06. The fourth-order valence-electron chi connectivity index (χ4n) is 3.17. The van der Waals surface area contributed by atoms with Gasteiger partial charge in [-0.25, -0.2) is 0 Å². The van der Waals surface area contributed by atoms with Gasteiger partial charge in [0.1, 0.15) is 0 Å². The molecule has 1 atom stereocenters. The molecular weight excluding hydrogens is 288 g/mol. The van der Waals surface area contributed by atoms with Gasteiger partial charge >= 0.3 is 0 Å². The molecule has 2 nitrogen and oxygen atoms in total. The Bertz CT molecular complexity index is 694. The Labute approximate surface area is 137 Å². The molecule has 0 unspecified atom stereocenters. The molecule has 2 N–H and O–H groups in total. The summed E-state index contributed by atoms with van der Waals surface area (Å²) in [6, 6.07) is 15.3. The molecule has 3 rings (SSSR count). The van der Waals surface area contributed by atoms with Crippen LogP contribution in [0.15, 0.2) is 42.5 Å². The second kappa shape index (κ2) is 6.49. The maximum Gasteiger partial charge on any atom is 0.171 e. The van der Waals surface area contributed by atoms with E-state index in [-0.39, 0.29) is 0 Å². The van der Waals surface area contributed by atoms with Crippen LogP contribution in [0.1, 0.15) is 41.1 Å². The van der Waals surface area contributed by atoms with E-state index >= 15 is 0 Å². The quantitative estimate of drug-likeness (QED) is 0.788. The number of hydrogen-bond acceptors (Lipinski definition) is 1. The molecule has 114 valence electrons. The van der Waals surface area contributed by atoms with Crippen molar-refractivity contribution in [2.75, 3.05) is 5.32 Å². The SMILES string of the molecule is Cc1ccc(NC(=S)N[C@H]2CCCc3ccccc32)c(C)c1. The lowest BCUT2D eigenvalue weighted by atomic mass is 9.88. The van der Waals surface area contributed by atoms with Gasteiger partial charge in [-0.2, -0.15) is 0 Å². The van der Waals surface area contributed by atoms with E-state index in [2.05, 4.69) is 66.9 Å². The van der Waals surface area contributed by atoms with E-state index in [1.54, 1.807) is 0 Å². The number of rotatable bonds is 2. The van der Waals surface area contributed by atoms with Gasteiger partial charge in [0.25, 0.3) is 0 Å². The smallest absolute Gasteiger partial charge is 0.171 e. The Balaban J connectivity index is 1.70. The topological polar surface area (TPSA) is 24.1 Å². The molecule has 1 aliphatic rings. The summed E-state index contributed by atoms with van der Waals surface area (Å²) >= 11 is 5.52. The lowest BCUT2D eigenvalue weighted by molar-refractivity contribution is 0.529. The van der Waals surface area contributed by atoms with Crippen molar-refractivity contribution >= 4 is 23.0 Å². The van der Waals surface area contributed by atoms with Gasteiger partial charge in [0, 0.05) is 5.69 Å². The average molecular weight is 310 g/mol. The Kier molecular flexibility index (Phi) is 4.44. The highest BCUT2D eigenvalue weighted by Gasteiger charge is 2.20. The van der Waals surface area contributed by atoms with Crippen LogP contribution in [0.5, 0.6) is 0 Å². The molecule has 2 aromatic carbocycles. The molecule has 0 amide bonds. The van der Waals surface area contributed by atoms with Gasteiger partial charge < -0.3 is 10.6 Å². The van der Waals surface area contributed by atoms with Crippen molar-refractivity contribution in [1.29, 1.82) is 0 Å². The fourth-order valence-corrected chi connectivity index (χ4v) is 3.43. The Morgan fingerprint density at radius 3 is 2.77 bits per heavy atom. The second-order valence-corrected chi connectivity index (χ2v) is 6.47. The molecular formula is C19H22N2S. The van der Waals surface area contributed by atoms with E-state index in [1.165, 1.54) is 35.1 Å². The van der Waals surface area contributed by atoms with Gasteiger partial charge in [-0.05, 0) is 68.1 Å². The van der Waals surface area contributed by atoms with Crippen LogP contribution in [0.2, 0.25) is 0 Å². The molecule has 2 aromatic rings. The number of anilines is 1. The molecule has 0 spiro atoms. The summed E-state index contributed by atoms with van der Waals surface area (Å²) in [5, 5.41) is 7.52. The van der Waals surface area contributed by atoms with Crippen LogP contribution in [0, 0.1) is 13.8 Å². The Morgan fingerprint density at radius 2 is 1.95 bits per heavy atom. The minimum Gasteiger partial charge on any atom is -0.356 e. The highest BCUT2D eigenvalue weighted by molar-refractivity contribution is 7.80. The predicted octanol–water partition coefficient (Wildman–Crippen LogP) is 4.67. The van der Waals surface area contributed by atoms with Crippen molar-refractivity contribution in [2.24, 2.45) is 0 Å². The van der Waals surface area contributed by atoms with Gasteiger partial charge in [-0.3, -0.25) is 0 Å². The maximum absolute atomic E-state index is 5.52. The summed E-state index contributed by atoms with van der Waals surface area (Å²) < 4.78 is 0. The zero-order valence-electron chi connectivity index (χ0n) is 13.1. The van der Waals surface area contributed by atoms with Crippen molar-refractivity contribution in [3.63, 3.8) is 0 Å². The van der Waals surface area contributed by atoms with Gasteiger partial charge in [0.05, 0.1) is 6.04 Å².